The lowest BCUT2D eigenvalue weighted by Crippen LogP contribution is -2.16. The maximum atomic E-state index is 13.9. The van der Waals surface area contributed by atoms with E-state index in [-0.39, 0.29) is 21.0 Å². The smallest absolute Gasteiger partial charge is 0.265 e. The summed E-state index contributed by atoms with van der Waals surface area (Å²) in [7, 11) is -4.18. The zero-order valence-corrected chi connectivity index (χ0v) is 13.9. The molecule has 0 fully saturated rings. The van der Waals surface area contributed by atoms with E-state index in [1.807, 2.05) is 0 Å². The number of sulfonamides is 1. The molecule has 0 bridgehead atoms. The Morgan fingerprint density at radius 3 is 2.71 bits per heavy atom. The van der Waals surface area contributed by atoms with Crippen LogP contribution >= 0.6 is 27.5 Å². The molecule has 1 heterocycles. The van der Waals surface area contributed by atoms with Gasteiger partial charge in [0, 0.05) is 16.4 Å². The molecule has 0 aliphatic carbocycles. The maximum absolute atomic E-state index is 13.9. The van der Waals surface area contributed by atoms with Gasteiger partial charge in [0.1, 0.15) is 10.7 Å². The Kier molecular flexibility index (Phi) is 4.40. The molecule has 0 atom stereocenters. The van der Waals surface area contributed by atoms with Gasteiger partial charge in [0.15, 0.2) is 5.15 Å². The van der Waals surface area contributed by atoms with Gasteiger partial charge in [0.05, 0.1) is 5.69 Å². The van der Waals surface area contributed by atoms with Crippen LogP contribution in [0.1, 0.15) is 5.56 Å². The third-order valence-electron chi connectivity index (χ3n) is 2.69. The minimum atomic E-state index is -4.18. The number of halogens is 3. The van der Waals surface area contributed by atoms with E-state index in [4.69, 9.17) is 17.3 Å². The van der Waals surface area contributed by atoms with Crippen LogP contribution in [-0.4, -0.2) is 13.4 Å². The van der Waals surface area contributed by atoms with Crippen LogP contribution < -0.4 is 10.5 Å². The maximum Gasteiger partial charge on any atom is 0.265 e. The predicted molar refractivity (Wildman–Crippen MR) is 83.3 cm³/mol. The first-order valence-electron chi connectivity index (χ1n) is 5.61. The summed E-state index contributed by atoms with van der Waals surface area (Å²) in [5.74, 6) is -0.929. The summed E-state index contributed by atoms with van der Waals surface area (Å²) in [6.45, 7) is 1.65. The van der Waals surface area contributed by atoms with Gasteiger partial charge in [-0.15, -0.1) is 0 Å². The molecule has 3 N–H and O–H groups in total. The highest BCUT2D eigenvalue weighted by Crippen LogP contribution is 2.30. The summed E-state index contributed by atoms with van der Waals surface area (Å²) in [5, 5.41) is -0.0240. The molecule has 0 radical (unpaired) electrons. The monoisotopic (exact) mass is 393 g/mol. The fourth-order valence-corrected chi connectivity index (χ4v) is 3.45. The summed E-state index contributed by atoms with van der Waals surface area (Å²) in [6, 6.07) is 3.60. The number of nitrogens with two attached hydrogens (primary N) is 1. The van der Waals surface area contributed by atoms with Crippen LogP contribution in [0.4, 0.5) is 15.8 Å². The van der Waals surface area contributed by atoms with E-state index < -0.39 is 20.7 Å². The third-order valence-corrected chi connectivity index (χ3v) is 5.03. The fourth-order valence-electron chi connectivity index (χ4n) is 1.59. The number of nitrogen functional groups attached to an aromatic ring is 1. The number of anilines is 2. The summed E-state index contributed by atoms with van der Waals surface area (Å²) >= 11 is 8.88. The van der Waals surface area contributed by atoms with E-state index in [1.165, 1.54) is 6.20 Å². The SMILES string of the molecule is Cc1ccnc(Cl)c1NS(=O)(=O)c1cc(N)c(Br)cc1F. The van der Waals surface area contributed by atoms with Gasteiger partial charge < -0.3 is 5.73 Å². The summed E-state index contributed by atoms with van der Waals surface area (Å²) in [5.41, 5.74) is 6.35. The Morgan fingerprint density at radius 1 is 1.43 bits per heavy atom. The Hall–Kier alpha value is -1.38. The molecule has 2 rings (SSSR count). The van der Waals surface area contributed by atoms with Crippen LogP contribution in [0.25, 0.3) is 0 Å². The van der Waals surface area contributed by atoms with Crippen LogP contribution in [0.5, 0.6) is 0 Å². The summed E-state index contributed by atoms with van der Waals surface area (Å²) in [6.07, 6.45) is 1.44. The normalized spacial score (nSPS) is 11.4. The highest BCUT2D eigenvalue weighted by Gasteiger charge is 2.22. The highest BCUT2D eigenvalue weighted by atomic mass is 79.9. The standard InChI is InChI=1S/C12H10BrClFN3O2S/c1-6-2-3-17-12(14)11(6)18-21(19,20)10-5-9(16)7(13)4-8(10)15/h2-5,18H,16H2,1H3. The van der Waals surface area contributed by atoms with Crippen LogP contribution in [0.3, 0.4) is 0 Å². The van der Waals surface area contributed by atoms with Crippen LogP contribution in [0, 0.1) is 12.7 Å². The van der Waals surface area contributed by atoms with Crippen molar-refractivity contribution < 1.29 is 12.8 Å². The minimum absolute atomic E-state index is 0.0240. The molecule has 1 aromatic carbocycles. The van der Waals surface area contributed by atoms with Gasteiger partial charge in [-0.05, 0) is 46.6 Å². The first-order valence-corrected chi connectivity index (χ1v) is 8.26. The van der Waals surface area contributed by atoms with E-state index in [0.717, 1.165) is 12.1 Å². The van der Waals surface area contributed by atoms with E-state index >= 15 is 0 Å². The first kappa shape index (κ1) is 16.0. The molecule has 112 valence electrons. The second-order valence-electron chi connectivity index (χ2n) is 4.20. The number of rotatable bonds is 3. The molecule has 0 amide bonds. The van der Waals surface area contributed by atoms with Crippen molar-refractivity contribution in [2.45, 2.75) is 11.8 Å². The zero-order chi connectivity index (χ0) is 15.8. The Labute approximate surface area is 134 Å². The molecule has 0 unspecified atom stereocenters. The number of aryl methyl sites for hydroxylation is 1. The van der Waals surface area contributed by atoms with Crippen LogP contribution in [-0.2, 0) is 10.0 Å². The van der Waals surface area contributed by atoms with E-state index in [1.54, 1.807) is 13.0 Å². The summed E-state index contributed by atoms with van der Waals surface area (Å²) in [4.78, 5) is 3.22. The molecule has 0 spiro atoms. The number of nitrogens with zero attached hydrogens (tertiary/aromatic N) is 1. The van der Waals surface area contributed by atoms with Gasteiger partial charge in [-0.3, -0.25) is 4.72 Å². The first-order chi connectivity index (χ1) is 9.72. The molecule has 9 heteroatoms. The van der Waals surface area contributed by atoms with Crippen molar-refractivity contribution in [2.75, 3.05) is 10.5 Å². The number of hydrogen-bond donors (Lipinski definition) is 2. The number of pyridine rings is 1. The predicted octanol–water partition coefficient (Wildman–Crippen LogP) is 3.33. The van der Waals surface area contributed by atoms with Crippen LogP contribution in [0.15, 0.2) is 33.8 Å². The van der Waals surface area contributed by atoms with E-state index in [0.29, 0.717) is 5.56 Å². The molecule has 1 aromatic heterocycles. The van der Waals surface area contributed by atoms with Gasteiger partial charge in [-0.1, -0.05) is 11.6 Å². The molecule has 21 heavy (non-hydrogen) atoms. The zero-order valence-electron chi connectivity index (χ0n) is 10.7. The molecule has 2 aromatic rings. The van der Waals surface area contributed by atoms with Crippen molar-refractivity contribution >= 4 is 48.9 Å². The van der Waals surface area contributed by atoms with Gasteiger partial charge >= 0.3 is 0 Å². The van der Waals surface area contributed by atoms with Gasteiger partial charge in [-0.25, -0.2) is 17.8 Å². The van der Waals surface area contributed by atoms with E-state index in [2.05, 4.69) is 25.6 Å². The van der Waals surface area contributed by atoms with Gasteiger partial charge in [0.2, 0.25) is 0 Å². The largest absolute Gasteiger partial charge is 0.398 e. The van der Waals surface area contributed by atoms with Crippen molar-refractivity contribution in [3.8, 4) is 0 Å². The van der Waals surface area contributed by atoms with Crippen molar-refractivity contribution in [3.05, 3.63) is 45.4 Å². The second-order valence-corrected chi connectivity index (χ2v) is 7.07. The quantitative estimate of drug-likeness (QED) is 0.618. The number of hydrogen-bond acceptors (Lipinski definition) is 4. The van der Waals surface area contributed by atoms with Crippen molar-refractivity contribution in [3.63, 3.8) is 0 Å². The number of nitrogens with one attached hydrogen (secondary N) is 1. The van der Waals surface area contributed by atoms with Gasteiger partial charge in [-0.2, -0.15) is 0 Å². The number of benzene rings is 1. The Bertz CT molecular complexity index is 794. The molecular weight excluding hydrogens is 385 g/mol. The minimum Gasteiger partial charge on any atom is -0.398 e. The molecule has 5 nitrogen and oxygen atoms in total. The lowest BCUT2D eigenvalue weighted by molar-refractivity contribution is 0.570. The van der Waals surface area contributed by atoms with Crippen molar-refractivity contribution in [1.29, 1.82) is 0 Å². The average Bonchev–Trinajstić information content (AvgIpc) is 2.38. The molecule has 0 saturated carbocycles. The van der Waals surface area contributed by atoms with Crippen LogP contribution in [0.2, 0.25) is 5.15 Å². The van der Waals surface area contributed by atoms with E-state index in [9.17, 15) is 12.8 Å². The summed E-state index contributed by atoms with van der Waals surface area (Å²) < 4.78 is 40.9. The second kappa shape index (κ2) is 5.78. The molecule has 0 aliphatic heterocycles. The lowest BCUT2D eigenvalue weighted by Gasteiger charge is -2.12. The van der Waals surface area contributed by atoms with Crippen molar-refractivity contribution in [1.82, 2.24) is 4.98 Å². The van der Waals surface area contributed by atoms with Crippen molar-refractivity contribution in [2.24, 2.45) is 0 Å². The Morgan fingerprint density at radius 2 is 2.10 bits per heavy atom. The Balaban J connectivity index is 2.51. The third kappa shape index (κ3) is 3.28. The topological polar surface area (TPSA) is 85.1 Å². The lowest BCUT2D eigenvalue weighted by atomic mass is 10.3. The average molecular weight is 395 g/mol. The van der Waals surface area contributed by atoms with Gasteiger partial charge in [0.25, 0.3) is 10.0 Å². The molecule has 0 saturated heterocycles. The number of aromatic nitrogens is 1. The fraction of sp³-hybridized carbons (Fsp3) is 0.0833. The molecular formula is C12H10BrClFN3O2S. The highest BCUT2D eigenvalue weighted by molar-refractivity contribution is 9.10. The molecule has 0 aliphatic rings.